The number of carbonyl (C=O) groups is 1. The smallest absolute Gasteiger partial charge is 0.279 e. The van der Waals surface area contributed by atoms with E-state index in [1.54, 1.807) is 16.7 Å². The maximum absolute atomic E-state index is 12.4. The molecule has 5 nitrogen and oxygen atoms in total. The van der Waals surface area contributed by atoms with Crippen molar-refractivity contribution in [3.63, 3.8) is 0 Å². The van der Waals surface area contributed by atoms with Crippen molar-refractivity contribution in [1.82, 2.24) is 0 Å². The number of hydrogen-bond acceptors (Lipinski definition) is 3. The third-order valence-corrected chi connectivity index (χ3v) is 6.36. The minimum Gasteiger partial charge on any atom is -0.360 e. The van der Waals surface area contributed by atoms with E-state index in [2.05, 4.69) is 66.8 Å². The van der Waals surface area contributed by atoms with E-state index in [1.165, 1.54) is 40.7 Å². The van der Waals surface area contributed by atoms with Crippen LogP contribution in [0.3, 0.4) is 0 Å². The fourth-order valence-corrected chi connectivity index (χ4v) is 4.23. The Balaban J connectivity index is 1.46. The summed E-state index contributed by atoms with van der Waals surface area (Å²) in [6, 6.07) is 16.8. The molecule has 1 fully saturated rings. The van der Waals surface area contributed by atoms with E-state index in [4.69, 9.17) is 0 Å². The molecule has 1 aliphatic rings. The lowest BCUT2D eigenvalue weighted by Crippen LogP contribution is -3.14. The number of nitrogens with one attached hydrogen (secondary N) is 3. The second kappa shape index (κ2) is 10.7. The molecule has 1 aliphatic heterocycles. The molecule has 1 heterocycles. The fourth-order valence-electron chi connectivity index (χ4n) is 3.82. The van der Waals surface area contributed by atoms with Gasteiger partial charge in [0.2, 0.25) is 0 Å². The molecule has 0 aliphatic carbocycles. The molecule has 2 aromatic rings. The summed E-state index contributed by atoms with van der Waals surface area (Å²) in [5, 5.41) is 3.04. The van der Waals surface area contributed by atoms with E-state index in [0.29, 0.717) is 6.54 Å². The third-order valence-electron chi connectivity index (χ3n) is 5.61. The molecule has 6 heteroatoms. The zero-order chi connectivity index (χ0) is 20.6. The first-order chi connectivity index (χ1) is 14.1. The Morgan fingerprint density at radius 3 is 2.34 bits per heavy atom. The average Bonchev–Trinajstić information content (AvgIpc) is 2.74. The van der Waals surface area contributed by atoms with Crippen LogP contribution in [0, 0.1) is 0 Å². The van der Waals surface area contributed by atoms with Gasteiger partial charge in [-0.15, -0.1) is 11.8 Å². The number of likely N-dealkylation sites (N-methyl/N-ethyl adjacent to an activating group) is 2. The fraction of sp³-hybridized carbons (Fsp3) is 0.435. The highest BCUT2D eigenvalue weighted by molar-refractivity contribution is 7.98. The van der Waals surface area contributed by atoms with Gasteiger partial charge >= 0.3 is 0 Å². The molecular formula is C23H34N4OS+2. The first-order valence-corrected chi connectivity index (χ1v) is 11.7. The maximum Gasteiger partial charge on any atom is 0.279 e. The molecule has 3 rings (SSSR count). The Morgan fingerprint density at radius 1 is 1.10 bits per heavy atom. The Hall–Kier alpha value is -2.02. The van der Waals surface area contributed by atoms with Crippen LogP contribution >= 0.6 is 11.8 Å². The minimum atomic E-state index is 0.0520. The highest BCUT2D eigenvalue weighted by Gasteiger charge is 2.18. The van der Waals surface area contributed by atoms with Crippen LogP contribution in [0.15, 0.2) is 53.4 Å². The van der Waals surface area contributed by atoms with Crippen molar-refractivity contribution in [3.8, 4) is 0 Å². The number of anilines is 2. The predicted octanol–water partition coefficient (Wildman–Crippen LogP) is 0.787. The highest BCUT2D eigenvalue weighted by atomic mass is 32.2. The summed E-state index contributed by atoms with van der Waals surface area (Å²) in [7, 11) is 2.06. The van der Waals surface area contributed by atoms with Gasteiger partial charge in [-0.3, -0.25) is 4.79 Å². The van der Waals surface area contributed by atoms with Crippen molar-refractivity contribution in [1.29, 1.82) is 0 Å². The standard InChI is InChI=1S/C23H32N4OS/c1-4-26-13-15-27(16-14-26)21-9-7-20(8-10-21)24-23(28)18-25(2)17-19-5-11-22(29-3)12-6-19/h5-12H,4,13-18H2,1-3H3,(H,24,28)/p+2. The van der Waals surface area contributed by atoms with Gasteiger partial charge < -0.3 is 20.0 Å². The van der Waals surface area contributed by atoms with Crippen LogP contribution in [0.1, 0.15) is 12.5 Å². The van der Waals surface area contributed by atoms with Gasteiger partial charge in [0.15, 0.2) is 6.54 Å². The molecule has 29 heavy (non-hydrogen) atoms. The molecule has 2 aromatic carbocycles. The number of carbonyl (C=O) groups excluding carboxylic acids is 1. The SMILES string of the molecule is CC[NH+]1CCN(c2ccc(NC(=O)C[NH+](C)Cc3ccc(SC)cc3)cc2)CC1. The Bertz CT molecular complexity index is 770. The minimum absolute atomic E-state index is 0.0520. The van der Waals surface area contributed by atoms with E-state index in [0.717, 1.165) is 25.3 Å². The molecule has 1 amide bonds. The number of thioether (sulfide) groups is 1. The molecule has 0 bridgehead atoms. The third kappa shape index (κ3) is 6.49. The largest absolute Gasteiger partial charge is 0.360 e. The number of amides is 1. The topological polar surface area (TPSA) is 41.2 Å². The van der Waals surface area contributed by atoms with Crippen LogP contribution < -0.4 is 20.0 Å². The first kappa shape index (κ1) is 21.7. The molecule has 156 valence electrons. The summed E-state index contributed by atoms with van der Waals surface area (Å²) >= 11 is 1.74. The van der Waals surface area contributed by atoms with Crippen LogP contribution in [0.25, 0.3) is 0 Å². The van der Waals surface area contributed by atoms with Gasteiger partial charge in [0.25, 0.3) is 5.91 Å². The summed E-state index contributed by atoms with van der Waals surface area (Å²) in [5.41, 5.74) is 3.37. The molecular weight excluding hydrogens is 380 g/mol. The second-order valence-corrected chi connectivity index (χ2v) is 8.72. The predicted molar refractivity (Wildman–Crippen MR) is 122 cm³/mol. The Labute approximate surface area is 179 Å². The molecule has 1 saturated heterocycles. The monoisotopic (exact) mass is 414 g/mol. The van der Waals surface area contributed by atoms with E-state index in [-0.39, 0.29) is 5.91 Å². The van der Waals surface area contributed by atoms with Crippen molar-refractivity contribution in [2.75, 3.05) is 62.8 Å². The lowest BCUT2D eigenvalue weighted by molar-refractivity contribution is -0.898. The van der Waals surface area contributed by atoms with Gasteiger partial charge in [-0.1, -0.05) is 12.1 Å². The van der Waals surface area contributed by atoms with Gasteiger partial charge in [0.05, 0.1) is 39.8 Å². The van der Waals surface area contributed by atoms with E-state index < -0.39 is 0 Å². The van der Waals surface area contributed by atoms with Gasteiger partial charge in [-0.2, -0.15) is 0 Å². The summed E-state index contributed by atoms with van der Waals surface area (Å²) < 4.78 is 0. The van der Waals surface area contributed by atoms with Gasteiger partial charge in [0, 0.05) is 21.8 Å². The summed E-state index contributed by atoms with van der Waals surface area (Å²) in [4.78, 5) is 19.0. The van der Waals surface area contributed by atoms with Crippen molar-refractivity contribution in [3.05, 3.63) is 54.1 Å². The van der Waals surface area contributed by atoms with Gasteiger partial charge in [-0.25, -0.2) is 0 Å². The first-order valence-electron chi connectivity index (χ1n) is 10.5. The van der Waals surface area contributed by atoms with Crippen LogP contribution in [0.5, 0.6) is 0 Å². The second-order valence-electron chi connectivity index (χ2n) is 7.84. The summed E-state index contributed by atoms with van der Waals surface area (Å²) in [5.74, 6) is 0.0520. The summed E-state index contributed by atoms with van der Waals surface area (Å²) in [6.45, 7) is 9.35. The quantitative estimate of drug-likeness (QED) is 0.560. The van der Waals surface area contributed by atoms with Crippen molar-refractivity contribution < 1.29 is 14.6 Å². The summed E-state index contributed by atoms with van der Waals surface area (Å²) in [6.07, 6.45) is 2.08. The number of rotatable bonds is 8. The van der Waals surface area contributed by atoms with Crippen LogP contribution in [-0.2, 0) is 11.3 Å². The normalized spacial score (nSPS) is 15.9. The van der Waals surface area contributed by atoms with E-state index >= 15 is 0 Å². The maximum atomic E-state index is 12.4. The van der Waals surface area contributed by atoms with Crippen LogP contribution in [0.2, 0.25) is 0 Å². The van der Waals surface area contributed by atoms with Crippen molar-refractivity contribution in [2.24, 2.45) is 0 Å². The molecule has 1 atom stereocenters. The molecule has 3 N–H and O–H groups in total. The van der Waals surface area contributed by atoms with Gasteiger partial charge in [0.1, 0.15) is 6.54 Å². The lowest BCUT2D eigenvalue weighted by atomic mass is 10.2. The zero-order valence-electron chi connectivity index (χ0n) is 17.8. The van der Waals surface area contributed by atoms with Crippen LogP contribution in [0.4, 0.5) is 11.4 Å². The number of hydrogen-bond donors (Lipinski definition) is 3. The molecule has 0 aromatic heterocycles. The van der Waals surface area contributed by atoms with Crippen LogP contribution in [-0.4, -0.2) is 58.5 Å². The van der Waals surface area contributed by atoms with Gasteiger partial charge in [-0.05, 0) is 49.6 Å². The van der Waals surface area contributed by atoms with E-state index in [1.807, 2.05) is 12.1 Å². The number of piperazine rings is 1. The Morgan fingerprint density at radius 2 is 1.76 bits per heavy atom. The number of benzene rings is 2. The highest BCUT2D eigenvalue weighted by Crippen LogP contribution is 2.18. The van der Waals surface area contributed by atoms with Crippen molar-refractivity contribution in [2.45, 2.75) is 18.4 Å². The average molecular weight is 415 g/mol. The lowest BCUT2D eigenvalue weighted by Gasteiger charge is -2.33. The molecule has 1 unspecified atom stereocenters. The Kier molecular flexibility index (Phi) is 7.98. The molecule has 0 radical (unpaired) electrons. The molecule has 0 spiro atoms. The zero-order valence-corrected chi connectivity index (χ0v) is 18.6. The van der Waals surface area contributed by atoms with E-state index in [9.17, 15) is 4.79 Å². The number of quaternary nitrogens is 2. The van der Waals surface area contributed by atoms with Crippen molar-refractivity contribution >= 4 is 29.0 Å². The molecule has 0 saturated carbocycles. The number of nitrogens with zero attached hydrogens (tertiary/aromatic N) is 1.